The molecule has 0 atom stereocenters. The third kappa shape index (κ3) is 4.24. The first-order valence-electron chi connectivity index (χ1n) is 6.18. The van der Waals surface area contributed by atoms with Crippen molar-refractivity contribution in [2.45, 2.75) is 26.7 Å². The Morgan fingerprint density at radius 2 is 1.95 bits per heavy atom. The van der Waals surface area contributed by atoms with E-state index in [1.165, 1.54) is 18.2 Å². The Bertz CT molecular complexity index is 458. The number of carbonyl (C=O) groups is 1. The van der Waals surface area contributed by atoms with Gasteiger partial charge < -0.3 is 9.47 Å². The standard InChI is InChI=1S/C13H17NO5/c1-3-7-18-12-9-10(14(16)17)5-6-11(12)13(15)19-8-4-2/h5-6,9H,3-4,7-8H2,1-2H3. The first-order valence-corrected chi connectivity index (χ1v) is 6.18. The Kier molecular flexibility index (Phi) is 5.78. The van der Waals surface area contributed by atoms with E-state index in [1.54, 1.807) is 0 Å². The quantitative estimate of drug-likeness (QED) is 0.431. The molecule has 1 aromatic rings. The number of nitrogens with zero attached hydrogens (tertiary/aromatic N) is 1. The lowest BCUT2D eigenvalue weighted by atomic mass is 10.2. The molecule has 0 heterocycles. The number of benzene rings is 1. The highest BCUT2D eigenvalue weighted by atomic mass is 16.6. The van der Waals surface area contributed by atoms with Crippen molar-refractivity contribution in [3.8, 4) is 5.75 Å². The monoisotopic (exact) mass is 267 g/mol. The van der Waals surface area contributed by atoms with Crippen molar-refractivity contribution in [2.24, 2.45) is 0 Å². The molecule has 0 amide bonds. The highest BCUT2D eigenvalue weighted by Gasteiger charge is 2.18. The van der Waals surface area contributed by atoms with Crippen LogP contribution in [0.2, 0.25) is 0 Å². The minimum absolute atomic E-state index is 0.113. The molecule has 1 rings (SSSR count). The van der Waals surface area contributed by atoms with E-state index in [9.17, 15) is 14.9 Å². The largest absolute Gasteiger partial charge is 0.492 e. The summed E-state index contributed by atoms with van der Waals surface area (Å²) in [7, 11) is 0. The molecule has 0 aliphatic rings. The first-order chi connectivity index (χ1) is 9.10. The number of ether oxygens (including phenoxy) is 2. The molecule has 0 aliphatic carbocycles. The maximum Gasteiger partial charge on any atom is 0.341 e. The van der Waals surface area contributed by atoms with Crippen molar-refractivity contribution < 1.29 is 19.2 Å². The van der Waals surface area contributed by atoms with E-state index >= 15 is 0 Å². The van der Waals surface area contributed by atoms with E-state index in [4.69, 9.17) is 9.47 Å². The highest BCUT2D eigenvalue weighted by molar-refractivity contribution is 5.93. The molecule has 1 aromatic carbocycles. The molecular weight excluding hydrogens is 250 g/mol. The Hall–Kier alpha value is -2.11. The molecule has 6 heteroatoms. The molecule has 0 saturated carbocycles. The number of nitro benzene ring substituents is 1. The Morgan fingerprint density at radius 3 is 2.53 bits per heavy atom. The van der Waals surface area contributed by atoms with Gasteiger partial charge in [0.15, 0.2) is 0 Å². The fourth-order valence-electron chi connectivity index (χ4n) is 1.40. The van der Waals surface area contributed by atoms with Crippen molar-refractivity contribution in [3.05, 3.63) is 33.9 Å². The topological polar surface area (TPSA) is 78.7 Å². The lowest BCUT2D eigenvalue weighted by molar-refractivity contribution is -0.384. The van der Waals surface area contributed by atoms with Crippen LogP contribution in [-0.2, 0) is 4.74 Å². The molecule has 6 nitrogen and oxygen atoms in total. The zero-order valence-corrected chi connectivity index (χ0v) is 11.0. The van der Waals surface area contributed by atoms with E-state index in [2.05, 4.69) is 0 Å². The van der Waals surface area contributed by atoms with Crippen LogP contribution in [0, 0.1) is 10.1 Å². The van der Waals surface area contributed by atoms with Crippen molar-refractivity contribution in [3.63, 3.8) is 0 Å². The van der Waals surface area contributed by atoms with E-state index in [0.717, 1.165) is 6.42 Å². The molecule has 0 spiro atoms. The van der Waals surface area contributed by atoms with E-state index in [1.807, 2.05) is 13.8 Å². The Morgan fingerprint density at radius 1 is 1.26 bits per heavy atom. The molecule has 0 unspecified atom stereocenters. The highest BCUT2D eigenvalue weighted by Crippen LogP contribution is 2.25. The third-order valence-electron chi connectivity index (χ3n) is 2.29. The molecule has 104 valence electrons. The molecule has 0 bridgehead atoms. The zero-order chi connectivity index (χ0) is 14.3. The van der Waals surface area contributed by atoms with Crippen LogP contribution in [0.25, 0.3) is 0 Å². The van der Waals surface area contributed by atoms with Gasteiger partial charge in [-0.1, -0.05) is 13.8 Å². The van der Waals surface area contributed by atoms with Crippen LogP contribution < -0.4 is 4.74 Å². The van der Waals surface area contributed by atoms with Gasteiger partial charge in [-0.25, -0.2) is 4.79 Å². The number of hydrogen-bond acceptors (Lipinski definition) is 5. The van der Waals surface area contributed by atoms with E-state index in [0.29, 0.717) is 19.6 Å². The van der Waals surface area contributed by atoms with Crippen LogP contribution in [0.5, 0.6) is 5.75 Å². The number of rotatable bonds is 7. The predicted octanol–water partition coefficient (Wildman–Crippen LogP) is 2.95. The van der Waals surface area contributed by atoms with Gasteiger partial charge in [0.2, 0.25) is 0 Å². The average Bonchev–Trinajstić information content (AvgIpc) is 2.42. The molecule has 0 saturated heterocycles. The minimum Gasteiger partial charge on any atom is -0.492 e. The fraction of sp³-hybridized carbons (Fsp3) is 0.462. The number of esters is 1. The predicted molar refractivity (Wildman–Crippen MR) is 69.5 cm³/mol. The second kappa shape index (κ2) is 7.35. The Balaban J connectivity index is 3.00. The smallest absolute Gasteiger partial charge is 0.341 e. The summed E-state index contributed by atoms with van der Waals surface area (Å²) in [6.45, 7) is 4.49. The van der Waals surface area contributed by atoms with Crippen LogP contribution in [-0.4, -0.2) is 24.1 Å². The van der Waals surface area contributed by atoms with Crippen LogP contribution in [0.3, 0.4) is 0 Å². The van der Waals surface area contributed by atoms with Gasteiger partial charge in [-0.15, -0.1) is 0 Å². The molecule has 19 heavy (non-hydrogen) atoms. The molecule has 0 aromatic heterocycles. The maximum absolute atomic E-state index is 11.8. The van der Waals surface area contributed by atoms with Gasteiger partial charge in [0, 0.05) is 6.07 Å². The third-order valence-corrected chi connectivity index (χ3v) is 2.29. The average molecular weight is 267 g/mol. The summed E-state index contributed by atoms with van der Waals surface area (Å²) < 4.78 is 10.4. The maximum atomic E-state index is 11.8. The van der Waals surface area contributed by atoms with Gasteiger partial charge >= 0.3 is 5.97 Å². The van der Waals surface area contributed by atoms with Crippen LogP contribution in [0.15, 0.2) is 18.2 Å². The van der Waals surface area contributed by atoms with Gasteiger partial charge in [-0.3, -0.25) is 10.1 Å². The van der Waals surface area contributed by atoms with Crippen LogP contribution >= 0.6 is 0 Å². The van der Waals surface area contributed by atoms with Crippen molar-refractivity contribution in [1.82, 2.24) is 0 Å². The minimum atomic E-state index is -0.528. The fourth-order valence-corrected chi connectivity index (χ4v) is 1.40. The summed E-state index contributed by atoms with van der Waals surface area (Å²) in [5.74, 6) is -0.333. The van der Waals surface area contributed by atoms with E-state index in [-0.39, 0.29) is 17.0 Å². The normalized spacial score (nSPS) is 10.0. The summed E-state index contributed by atoms with van der Waals surface area (Å²) in [5.41, 5.74) is 0.102. The van der Waals surface area contributed by atoms with Crippen molar-refractivity contribution in [2.75, 3.05) is 13.2 Å². The summed E-state index contributed by atoms with van der Waals surface area (Å²) in [4.78, 5) is 22.0. The number of hydrogen-bond donors (Lipinski definition) is 0. The second-order valence-electron chi connectivity index (χ2n) is 3.92. The summed E-state index contributed by atoms with van der Waals surface area (Å²) in [5, 5.41) is 10.7. The SMILES string of the molecule is CCCOC(=O)c1ccc([N+](=O)[O-])cc1OCCC. The van der Waals surface area contributed by atoms with Gasteiger partial charge in [-0.05, 0) is 18.9 Å². The zero-order valence-electron chi connectivity index (χ0n) is 11.0. The summed E-state index contributed by atoms with van der Waals surface area (Å²) in [6, 6.07) is 3.88. The number of carbonyl (C=O) groups excluding carboxylic acids is 1. The van der Waals surface area contributed by atoms with Crippen LogP contribution in [0.4, 0.5) is 5.69 Å². The molecule has 0 radical (unpaired) electrons. The van der Waals surface area contributed by atoms with Gasteiger partial charge in [0.25, 0.3) is 5.69 Å². The summed E-state index contributed by atoms with van der Waals surface area (Å²) in [6.07, 6.45) is 1.45. The molecule has 0 aliphatic heterocycles. The lowest BCUT2D eigenvalue weighted by Crippen LogP contribution is -2.09. The second-order valence-corrected chi connectivity index (χ2v) is 3.92. The van der Waals surface area contributed by atoms with Crippen molar-refractivity contribution in [1.29, 1.82) is 0 Å². The Labute approximate surface area is 111 Å². The molecular formula is C13H17NO5. The summed E-state index contributed by atoms with van der Waals surface area (Å²) >= 11 is 0. The van der Waals surface area contributed by atoms with Gasteiger partial charge in [-0.2, -0.15) is 0 Å². The lowest BCUT2D eigenvalue weighted by Gasteiger charge is -2.10. The van der Waals surface area contributed by atoms with Crippen LogP contribution in [0.1, 0.15) is 37.0 Å². The molecule has 0 N–H and O–H groups in total. The molecule has 0 fully saturated rings. The number of nitro groups is 1. The van der Waals surface area contributed by atoms with E-state index < -0.39 is 10.9 Å². The van der Waals surface area contributed by atoms with Gasteiger partial charge in [0.05, 0.1) is 24.2 Å². The number of non-ortho nitro benzene ring substituents is 1. The first kappa shape index (κ1) is 14.9. The van der Waals surface area contributed by atoms with Gasteiger partial charge in [0.1, 0.15) is 11.3 Å². The van der Waals surface area contributed by atoms with Crippen molar-refractivity contribution >= 4 is 11.7 Å².